The zero-order valence-electron chi connectivity index (χ0n) is 13.5. The van der Waals surface area contributed by atoms with E-state index in [2.05, 4.69) is 49.2 Å². The van der Waals surface area contributed by atoms with Gasteiger partial charge < -0.3 is 10.2 Å². The van der Waals surface area contributed by atoms with Crippen molar-refractivity contribution in [1.29, 1.82) is 5.26 Å². The van der Waals surface area contributed by atoms with Crippen molar-refractivity contribution in [1.82, 2.24) is 5.32 Å². The second-order valence-corrected chi connectivity index (χ2v) is 6.52. The average Bonchev–Trinajstić information content (AvgIpc) is 2.69. The molecule has 1 fully saturated rings. The molecule has 114 valence electrons. The number of rotatable bonds is 4. The van der Waals surface area contributed by atoms with Gasteiger partial charge in [0.05, 0.1) is 11.3 Å². The second-order valence-electron chi connectivity index (χ2n) is 6.52. The third-order valence-corrected chi connectivity index (χ3v) is 4.25. The zero-order chi connectivity index (χ0) is 15.2. The van der Waals surface area contributed by atoms with Gasteiger partial charge in [-0.1, -0.05) is 26.8 Å². The number of benzene rings is 1. The van der Waals surface area contributed by atoms with Crippen LogP contribution in [0.25, 0.3) is 0 Å². The van der Waals surface area contributed by atoms with Gasteiger partial charge in [-0.15, -0.1) is 0 Å². The molecule has 1 unspecified atom stereocenters. The molecule has 0 spiro atoms. The molecule has 1 saturated heterocycles. The molecule has 1 N–H and O–H groups in total. The summed E-state index contributed by atoms with van der Waals surface area (Å²) < 4.78 is 0. The first-order chi connectivity index (χ1) is 10.1. The van der Waals surface area contributed by atoms with Crippen molar-refractivity contribution in [2.75, 3.05) is 18.0 Å². The molecule has 1 aromatic rings. The molecular formula is C18H27N3. The molecule has 21 heavy (non-hydrogen) atoms. The summed E-state index contributed by atoms with van der Waals surface area (Å²) in [5.74, 6) is 0.801. The summed E-state index contributed by atoms with van der Waals surface area (Å²) in [4.78, 5) is 2.39. The van der Waals surface area contributed by atoms with Gasteiger partial charge in [0.25, 0.3) is 0 Å². The molecule has 0 bridgehead atoms. The Morgan fingerprint density at radius 3 is 2.86 bits per heavy atom. The second kappa shape index (κ2) is 7.47. The standard InChI is InChI=1S/C18H27N3/c1-14(2)20-13-16-6-7-18(17(11-16)12-19)21-9-4-5-15(3)8-10-21/h6-7,11,14-15,20H,4-5,8-10,13H2,1-3H3. The van der Waals surface area contributed by atoms with Gasteiger partial charge in [-0.25, -0.2) is 0 Å². The van der Waals surface area contributed by atoms with E-state index in [9.17, 15) is 5.26 Å². The SMILES string of the molecule is CC1CCCN(c2ccc(CNC(C)C)cc2C#N)CC1. The number of hydrogen-bond donors (Lipinski definition) is 1. The minimum atomic E-state index is 0.460. The van der Waals surface area contributed by atoms with Crippen LogP contribution in [0.3, 0.4) is 0 Å². The monoisotopic (exact) mass is 285 g/mol. The third-order valence-electron chi connectivity index (χ3n) is 4.25. The highest BCUT2D eigenvalue weighted by Crippen LogP contribution is 2.26. The molecule has 1 heterocycles. The number of hydrogen-bond acceptors (Lipinski definition) is 3. The van der Waals surface area contributed by atoms with E-state index < -0.39 is 0 Å². The summed E-state index contributed by atoms with van der Waals surface area (Å²) >= 11 is 0. The summed E-state index contributed by atoms with van der Waals surface area (Å²) in [6.07, 6.45) is 3.75. The maximum atomic E-state index is 9.48. The Morgan fingerprint density at radius 1 is 1.33 bits per heavy atom. The molecule has 3 nitrogen and oxygen atoms in total. The molecule has 1 aliphatic rings. The maximum Gasteiger partial charge on any atom is 0.101 e. The van der Waals surface area contributed by atoms with Crippen LogP contribution in [0.1, 0.15) is 51.2 Å². The fraction of sp³-hybridized carbons (Fsp3) is 0.611. The van der Waals surface area contributed by atoms with Gasteiger partial charge in [0.15, 0.2) is 0 Å². The normalized spacial score (nSPS) is 19.4. The lowest BCUT2D eigenvalue weighted by molar-refractivity contribution is 0.521. The lowest BCUT2D eigenvalue weighted by atomic mass is 10.0. The van der Waals surface area contributed by atoms with Gasteiger partial charge in [0.1, 0.15) is 6.07 Å². The molecule has 1 atom stereocenters. The van der Waals surface area contributed by atoms with Crippen LogP contribution in [-0.2, 0) is 6.54 Å². The molecule has 0 aliphatic carbocycles. The van der Waals surface area contributed by atoms with Gasteiger partial charge in [-0.2, -0.15) is 5.26 Å². The van der Waals surface area contributed by atoms with Crippen molar-refractivity contribution in [2.45, 2.75) is 52.6 Å². The number of nitrogens with zero attached hydrogens (tertiary/aromatic N) is 2. The molecule has 3 heteroatoms. The van der Waals surface area contributed by atoms with Crippen LogP contribution in [0, 0.1) is 17.2 Å². The largest absolute Gasteiger partial charge is 0.370 e. The zero-order valence-corrected chi connectivity index (χ0v) is 13.5. The van der Waals surface area contributed by atoms with Crippen LogP contribution >= 0.6 is 0 Å². The molecule has 1 aromatic carbocycles. The van der Waals surface area contributed by atoms with Crippen LogP contribution in [-0.4, -0.2) is 19.1 Å². The first-order valence-corrected chi connectivity index (χ1v) is 8.11. The highest BCUT2D eigenvalue weighted by molar-refractivity contribution is 5.60. The van der Waals surface area contributed by atoms with Crippen molar-refractivity contribution >= 4 is 5.69 Å². The summed E-state index contributed by atoms with van der Waals surface area (Å²) in [5.41, 5.74) is 3.11. The third kappa shape index (κ3) is 4.47. The minimum Gasteiger partial charge on any atom is -0.370 e. The van der Waals surface area contributed by atoms with Gasteiger partial charge >= 0.3 is 0 Å². The van der Waals surface area contributed by atoms with Crippen LogP contribution in [0.15, 0.2) is 18.2 Å². The van der Waals surface area contributed by atoms with E-state index in [0.29, 0.717) is 6.04 Å². The van der Waals surface area contributed by atoms with E-state index in [0.717, 1.165) is 36.8 Å². The highest BCUT2D eigenvalue weighted by Gasteiger charge is 2.17. The highest BCUT2D eigenvalue weighted by atomic mass is 15.1. The topological polar surface area (TPSA) is 39.1 Å². The first-order valence-electron chi connectivity index (χ1n) is 8.11. The molecule has 2 rings (SSSR count). The Balaban J connectivity index is 2.14. The predicted octanol–water partition coefficient (Wildman–Crippen LogP) is 3.68. The van der Waals surface area contributed by atoms with E-state index in [1.54, 1.807) is 0 Å². The summed E-state index contributed by atoms with van der Waals surface area (Å²) in [5, 5.41) is 12.9. The van der Waals surface area contributed by atoms with Crippen molar-refractivity contribution in [3.05, 3.63) is 29.3 Å². The van der Waals surface area contributed by atoms with Crippen molar-refractivity contribution in [3.63, 3.8) is 0 Å². The van der Waals surface area contributed by atoms with Crippen LogP contribution in [0.5, 0.6) is 0 Å². The Hall–Kier alpha value is -1.53. The molecule has 0 saturated carbocycles. The number of nitrogens with one attached hydrogen (secondary N) is 1. The van der Waals surface area contributed by atoms with E-state index in [-0.39, 0.29) is 0 Å². The van der Waals surface area contributed by atoms with Crippen molar-refractivity contribution in [3.8, 4) is 6.07 Å². The quantitative estimate of drug-likeness (QED) is 0.917. The van der Waals surface area contributed by atoms with E-state index >= 15 is 0 Å². The van der Waals surface area contributed by atoms with Crippen LogP contribution < -0.4 is 10.2 Å². The Labute approximate surface area is 129 Å². The fourth-order valence-electron chi connectivity index (χ4n) is 2.88. The van der Waals surface area contributed by atoms with E-state index in [4.69, 9.17) is 0 Å². The minimum absolute atomic E-state index is 0.460. The predicted molar refractivity (Wildman–Crippen MR) is 88.4 cm³/mol. The van der Waals surface area contributed by atoms with Crippen molar-refractivity contribution in [2.24, 2.45) is 5.92 Å². The Bertz CT molecular complexity index is 502. The fourth-order valence-corrected chi connectivity index (χ4v) is 2.88. The molecular weight excluding hydrogens is 258 g/mol. The summed E-state index contributed by atoms with van der Waals surface area (Å²) in [6.45, 7) is 9.57. The van der Waals surface area contributed by atoms with Crippen molar-refractivity contribution < 1.29 is 0 Å². The lowest BCUT2D eigenvalue weighted by Gasteiger charge is -2.24. The van der Waals surface area contributed by atoms with Gasteiger partial charge in [0, 0.05) is 25.7 Å². The molecule has 0 amide bonds. The van der Waals surface area contributed by atoms with Crippen LogP contribution in [0.4, 0.5) is 5.69 Å². The van der Waals surface area contributed by atoms with E-state index in [1.807, 2.05) is 6.07 Å². The molecule has 0 aromatic heterocycles. The van der Waals surface area contributed by atoms with Gasteiger partial charge in [-0.05, 0) is 42.9 Å². The van der Waals surface area contributed by atoms with Gasteiger partial charge in [0.2, 0.25) is 0 Å². The number of nitriles is 1. The Kier molecular flexibility index (Phi) is 5.64. The summed E-state index contributed by atoms with van der Waals surface area (Å²) in [6, 6.07) is 9.17. The van der Waals surface area contributed by atoms with Gasteiger partial charge in [-0.3, -0.25) is 0 Å². The smallest absolute Gasteiger partial charge is 0.101 e. The number of anilines is 1. The average molecular weight is 285 g/mol. The molecule has 0 radical (unpaired) electrons. The first kappa shape index (κ1) is 15.9. The maximum absolute atomic E-state index is 9.48. The summed E-state index contributed by atoms with van der Waals surface area (Å²) in [7, 11) is 0. The molecule has 1 aliphatic heterocycles. The van der Waals surface area contributed by atoms with E-state index in [1.165, 1.54) is 24.8 Å². The van der Waals surface area contributed by atoms with Crippen LogP contribution in [0.2, 0.25) is 0 Å². The lowest BCUT2D eigenvalue weighted by Crippen LogP contribution is -2.25. The Morgan fingerprint density at radius 2 is 2.14 bits per heavy atom.